The van der Waals surface area contributed by atoms with Gasteiger partial charge in [0.2, 0.25) is 0 Å². The van der Waals surface area contributed by atoms with Gasteiger partial charge in [0.05, 0.1) is 12.2 Å². The fourth-order valence-electron chi connectivity index (χ4n) is 3.62. The van der Waals surface area contributed by atoms with Crippen molar-refractivity contribution in [2.45, 2.75) is 19.9 Å². The van der Waals surface area contributed by atoms with Crippen LogP contribution in [0, 0.1) is 0 Å². The van der Waals surface area contributed by atoms with Crippen molar-refractivity contribution in [1.29, 1.82) is 0 Å². The number of rotatable bonds is 12. The summed E-state index contributed by atoms with van der Waals surface area (Å²) < 4.78 is 5.81. The van der Waals surface area contributed by atoms with Gasteiger partial charge in [-0.15, -0.1) is 0 Å². The molecule has 1 N–H and O–H groups in total. The molecule has 3 rings (SSSR count). The Morgan fingerprint density at radius 3 is 2.38 bits per heavy atom. The van der Waals surface area contributed by atoms with Gasteiger partial charge in [0.15, 0.2) is 5.78 Å². The maximum absolute atomic E-state index is 12.5. The van der Waals surface area contributed by atoms with E-state index < -0.39 is 0 Å². The Kier molecular flexibility index (Phi) is 9.30. The van der Waals surface area contributed by atoms with Crippen LogP contribution >= 0.6 is 0 Å². The number of phenols is 1. The molecule has 0 saturated carbocycles. The predicted octanol–water partition coefficient (Wildman–Crippen LogP) is 5.65. The number of hydrogen-bond acceptors (Lipinski definition) is 5. The third kappa shape index (κ3) is 7.49. The molecule has 3 aromatic carbocycles. The van der Waals surface area contributed by atoms with E-state index >= 15 is 0 Å². The van der Waals surface area contributed by atoms with Gasteiger partial charge in [-0.2, -0.15) is 0 Å². The molecule has 0 aliphatic carbocycles. The van der Waals surface area contributed by atoms with E-state index in [1.807, 2.05) is 49.3 Å². The number of phenolic OH excluding ortho intramolecular Hbond substituents is 1. The highest BCUT2D eigenvalue weighted by atomic mass is 16.5. The first-order valence-corrected chi connectivity index (χ1v) is 11.7. The highest BCUT2D eigenvalue weighted by Crippen LogP contribution is 2.25. The van der Waals surface area contributed by atoms with Crippen LogP contribution in [0.3, 0.4) is 0 Å². The SMILES string of the molecule is CCN(CCCOc1ccc(C(=O)/C=C/c2ccc(N(C)C)cc2)c(O)c1)Cc1ccccc1. The van der Waals surface area contributed by atoms with Crippen molar-refractivity contribution in [3.8, 4) is 11.5 Å². The standard InChI is InChI=1S/C29H34N2O3/c1-4-31(22-24-9-6-5-7-10-24)19-8-20-34-26-16-17-27(29(33)21-26)28(32)18-13-23-11-14-25(15-12-23)30(2)3/h5-7,9-18,21,33H,4,8,19-20,22H2,1-3H3/b18-13+. The van der Waals surface area contributed by atoms with Crippen LogP contribution in [0.25, 0.3) is 6.08 Å². The van der Waals surface area contributed by atoms with Crippen molar-refractivity contribution in [2.75, 3.05) is 38.7 Å². The van der Waals surface area contributed by atoms with Crippen molar-refractivity contribution in [1.82, 2.24) is 4.90 Å². The van der Waals surface area contributed by atoms with Crippen LogP contribution in [-0.4, -0.2) is 49.6 Å². The molecule has 0 aromatic heterocycles. The van der Waals surface area contributed by atoms with Crippen LogP contribution in [0.5, 0.6) is 11.5 Å². The van der Waals surface area contributed by atoms with Gasteiger partial charge in [-0.05, 0) is 54.4 Å². The lowest BCUT2D eigenvalue weighted by atomic mass is 10.1. The Hall–Kier alpha value is -3.57. The van der Waals surface area contributed by atoms with Gasteiger partial charge >= 0.3 is 0 Å². The predicted molar refractivity (Wildman–Crippen MR) is 140 cm³/mol. The summed E-state index contributed by atoms with van der Waals surface area (Å²) in [5.74, 6) is 0.234. The number of hydrogen-bond donors (Lipinski definition) is 1. The Labute approximate surface area is 202 Å². The van der Waals surface area contributed by atoms with Crippen molar-refractivity contribution in [2.24, 2.45) is 0 Å². The Balaban J connectivity index is 1.48. The average molecular weight is 459 g/mol. The molecule has 5 nitrogen and oxygen atoms in total. The molecule has 34 heavy (non-hydrogen) atoms. The van der Waals surface area contributed by atoms with Crippen LogP contribution in [0.2, 0.25) is 0 Å². The summed E-state index contributed by atoms with van der Waals surface area (Å²) >= 11 is 0. The van der Waals surface area contributed by atoms with Gasteiger partial charge in [0.25, 0.3) is 0 Å². The smallest absolute Gasteiger partial charge is 0.189 e. The largest absolute Gasteiger partial charge is 0.507 e. The fourth-order valence-corrected chi connectivity index (χ4v) is 3.62. The minimum absolute atomic E-state index is 0.0747. The Morgan fingerprint density at radius 2 is 1.74 bits per heavy atom. The summed E-state index contributed by atoms with van der Waals surface area (Å²) in [6, 6.07) is 23.2. The molecule has 0 heterocycles. The third-order valence-corrected chi connectivity index (χ3v) is 5.65. The number of anilines is 1. The summed E-state index contributed by atoms with van der Waals surface area (Å²) in [6.45, 7) is 5.52. The van der Waals surface area contributed by atoms with E-state index in [1.54, 1.807) is 18.2 Å². The first-order valence-electron chi connectivity index (χ1n) is 11.7. The minimum Gasteiger partial charge on any atom is -0.507 e. The van der Waals surface area contributed by atoms with Gasteiger partial charge in [0, 0.05) is 38.9 Å². The summed E-state index contributed by atoms with van der Waals surface area (Å²) in [6.07, 6.45) is 4.10. The summed E-state index contributed by atoms with van der Waals surface area (Å²) in [5.41, 5.74) is 3.57. The molecule has 0 unspecified atom stereocenters. The zero-order chi connectivity index (χ0) is 24.3. The van der Waals surface area contributed by atoms with E-state index in [2.05, 4.69) is 36.1 Å². The van der Waals surface area contributed by atoms with Crippen molar-refractivity contribution in [3.63, 3.8) is 0 Å². The summed E-state index contributed by atoms with van der Waals surface area (Å²) in [7, 11) is 3.97. The lowest BCUT2D eigenvalue weighted by Crippen LogP contribution is -2.25. The van der Waals surface area contributed by atoms with Crippen molar-refractivity contribution >= 4 is 17.5 Å². The number of carbonyl (C=O) groups excluding carboxylic acids is 1. The second-order valence-corrected chi connectivity index (χ2v) is 8.42. The molecule has 0 bridgehead atoms. The zero-order valence-electron chi connectivity index (χ0n) is 20.3. The van der Waals surface area contributed by atoms with E-state index in [1.165, 1.54) is 17.7 Å². The average Bonchev–Trinajstić information content (AvgIpc) is 2.85. The number of nitrogens with zero attached hydrogens (tertiary/aromatic N) is 2. The first kappa shape index (κ1) is 25.1. The molecule has 3 aromatic rings. The van der Waals surface area contributed by atoms with Crippen LogP contribution in [-0.2, 0) is 6.54 Å². The second-order valence-electron chi connectivity index (χ2n) is 8.42. The van der Waals surface area contributed by atoms with E-state index in [0.717, 1.165) is 37.3 Å². The Morgan fingerprint density at radius 1 is 1.00 bits per heavy atom. The van der Waals surface area contributed by atoms with Gasteiger partial charge in [-0.25, -0.2) is 0 Å². The molecule has 5 heteroatoms. The normalized spacial score (nSPS) is 11.2. The number of ether oxygens (including phenoxy) is 1. The van der Waals surface area contributed by atoms with Gasteiger partial charge < -0.3 is 14.7 Å². The van der Waals surface area contributed by atoms with Gasteiger partial charge in [-0.3, -0.25) is 9.69 Å². The van der Waals surface area contributed by atoms with Gasteiger partial charge in [-0.1, -0.05) is 55.5 Å². The highest BCUT2D eigenvalue weighted by Gasteiger charge is 2.10. The fraction of sp³-hybridized carbons (Fsp3) is 0.276. The van der Waals surface area contributed by atoms with Gasteiger partial charge in [0.1, 0.15) is 11.5 Å². The molecule has 0 saturated heterocycles. The first-order chi connectivity index (χ1) is 16.5. The maximum Gasteiger partial charge on any atom is 0.189 e. The molecule has 0 radical (unpaired) electrons. The molecule has 178 valence electrons. The second kappa shape index (κ2) is 12.6. The van der Waals surface area contributed by atoms with Crippen molar-refractivity contribution < 1.29 is 14.6 Å². The van der Waals surface area contributed by atoms with E-state index in [0.29, 0.717) is 12.4 Å². The van der Waals surface area contributed by atoms with E-state index in [4.69, 9.17) is 4.74 Å². The maximum atomic E-state index is 12.5. The quantitative estimate of drug-likeness (QED) is 0.216. The monoisotopic (exact) mass is 458 g/mol. The van der Waals surface area contributed by atoms with E-state index in [9.17, 15) is 9.90 Å². The van der Waals surface area contributed by atoms with Crippen LogP contribution in [0.4, 0.5) is 5.69 Å². The van der Waals surface area contributed by atoms with Crippen molar-refractivity contribution in [3.05, 3.63) is 95.6 Å². The highest BCUT2D eigenvalue weighted by molar-refractivity contribution is 6.08. The molecular formula is C29H34N2O3. The van der Waals surface area contributed by atoms with E-state index in [-0.39, 0.29) is 17.1 Å². The summed E-state index contributed by atoms with van der Waals surface area (Å²) in [4.78, 5) is 16.9. The molecule has 0 aliphatic heterocycles. The topological polar surface area (TPSA) is 53.0 Å². The number of ketones is 1. The lowest BCUT2D eigenvalue weighted by molar-refractivity contribution is 0.104. The minimum atomic E-state index is -0.250. The lowest BCUT2D eigenvalue weighted by Gasteiger charge is -2.20. The number of carbonyl (C=O) groups is 1. The van der Waals surface area contributed by atoms with Crippen LogP contribution < -0.4 is 9.64 Å². The molecule has 0 atom stereocenters. The molecule has 0 spiro atoms. The third-order valence-electron chi connectivity index (χ3n) is 5.65. The molecule has 0 fully saturated rings. The number of allylic oxidation sites excluding steroid dienone is 1. The summed E-state index contributed by atoms with van der Waals surface area (Å²) in [5, 5.41) is 10.4. The molecule has 0 aliphatic rings. The number of benzene rings is 3. The zero-order valence-corrected chi connectivity index (χ0v) is 20.3. The molecular weight excluding hydrogens is 424 g/mol. The Bertz CT molecular complexity index is 1080. The van der Waals surface area contributed by atoms with Crippen LogP contribution in [0.15, 0.2) is 78.9 Å². The molecule has 0 amide bonds. The van der Waals surface area contributed by atoms with Crippen LogP contribution in [0.1, 0.15) is 34.8 Å². The number of aromatic hydroxyl groups is 1.